The number of halogens is 1. The third kappa shape index (κ3) is 2.54. The molecular formula is C14H17ClN2. The molecule has 0 aliphatic heterocycles. The van der Waals surface area contributed by atoms with E-state index in [4.69, 9.17) is 11.6 Å². The van der Waals surface area contributed by atoms with Gasteiger partial charge in [0.1, 0.15) is 0 Å². The largest absolute Gasteiger partial charge is 0.361 e. The Hall–Kier alpha value is -1.25. The van der Waals surface area contributed by atoms with Gasteiger partial charge in [0, 0.05) is 28.2 Å². The van der Waals surface area contributed by atoms with Crippen LogP contribution in [-0.4, -0.2) is 18.1 Å². The summed E-state index contributed by atoms with van der Waals surface area (Å²) < 4.78 is 0. The molecule has 1 unspecified atom stereocenters. The van der Waals surface area contributed by atoms with Crippen LogP contribution in [0.25, 0.3) is 17.0 Å². The smallest absolute Gasteiger partial charge is 0.0475 e. The number of hydrogen-bond acceptors (Lipinski definition) is 1. The van der Waals surface area contributed by atoms with E-state index in [1.165, 1.54) is 16.5 Å². The molecule has 0 amide bonds. The SMILES string of the molecule is CNC(C)/C(C)=C/c1c[nH]c2cc(Cl)ccc12. The van der Waals surface area contributed by atoms with Crippen LogP contribution in [0.3, 0.4) is 0 Å². The predicted molar refractivity (Wildman–Crippen MR) is 75.5 cm³/mol. The third-order valence-corrected chi connectivity index (χ3v) is 3.41. The molecule has 2 rings (SSSR count). The first-order valence-electron chi connectivity index (χ1n) is 5.74. The quantitative estimate of drug-likeness (QED) is 0.849. The fraction of sp³-hybridized carbons (Fsp3) is 0.286. The first kappa shape index (κ1) is 12.2. The lowest BCUT2D eigenvalue weighted by molar-refractivity contribution is 0.696. The van der Waals surface area contributed by atoms with Crippen molar-refractivity contribution in [2.75, 3.05) is 7.05 Å². The minimum absolute atomic E-state index is 0.382. The molecular weight excluding hydrogens is 232 g/mol. The molecule has 0 aliphatic carbocycles. The molecule has 1 atom stereocenters. The fourth-order valence-electron chi connectivity index (χ4n) is 1.84. The van der Waals surface area contributed by atoms with Crippen LogP contribution >= 0.6 is 11.6 Å². The highest BCUT2D eigenvalue weighted by Gasteiger charge is 2.05. The Morgan fingerprint density at radius 2 is 2.24 bits per heavy atom. The van der Waals surface area contributed by atoms with Crippen LogP contribution in [0.1, 0.15) is 19.4 Å². The van der Waals surface area contributed by atoms with Gasteiger partial charge in [0.05, 0.1) is 0 Å². The second kappa shape index (κ2) is 4.94. The molecule has 17 heavy (non-hydrogen) atoms. The summed E-state index contributed by atoms with van der Waals surface area (Å²) in [7, 11) is 1.97. The monoisotopic (exact) mass is 248 g/mol. The van der Waals surface area contributed by atoms with Gasteiger partial charge < -0.3 is 10.3 Å². The lowest BCUT2D eigenvalue weighted by Crippen LogP contribution is -2.21. The lowest BCUT2D eigenvalue weighted by atomic mass is 10.1. The zero-order valence-electron chi connectivity index (χ0n) is 10.3. The Labute approximate surface area is 107 Å². The molecule has 0 aliphatic rings. The summed E-state index contributed by atoms with van der Waals surface area (Å²) in [6.45, 7) is 4.29. The van der Waals surface area contributed by atoms with Crippen molar-refractivity contribution in [1.82, 2.24) is 10.3 Å². The highest BCUT2D eigenvalue weighted by atomic mass is 35.5. The van der Waals surface area contributed by atoms with Gasteiger partial charge in [-0.3, -0.25) is 0 Å². The molecule has 0 fully saturated rings. The minimum Gasteiger partial charge on any atom is -0.361 e. The van der Waals surface area contributed by atoms with Crippen LogP contribution in [0.15, 0.2) is 30.0 Å². The molecule has 0 bridgehead atoms. The van der Waals surface area contributed by atoms with Crippen LogP contribution < -0.4 is 5.32 Å². The first-order valence-corrected chi connectivity index (χ1v) is 6.11. The van der Waals surface area contributed by atoms with Gasteiger partial charge in [-0.2, -0.15) is 0 Å². The zero-order chi connectivity index (χ0) is 12.4. The number of hydrogen-bond donors (Lipinski definition) is 2. The van der Waals surface area contributed by atoms with E-state index in [0.717, 1.165) is 10.5 Å². The van der Waals surface area contributed by atoms with Crippen molar-refractivity contribution in [1.29, 1.82) is 0 Å². The van der Waals surface area contributed by atoms with Crippen molar-refractivity contribution in [2.45, 2.75) is 19.9 Å². The van der Waals surface area contributed by atoms with Crippen molar-refractivity contribution in [2.24, 2.45) is 0 Å². The maximum atomic E-state index is 5.96. The van der Waals surface area contributed by atoms with Crippen molar-refractivity contribution in [3.63, 3.8) is 0 Å². The maximum Gasteiger partial charge on any atom is 0.0475 e. The van der Waals surface area contributed by atoms with E-state index in [1.54, 1.807) is 0 Å². The number of rotatable bonds is 3. The van der Waals surface area contributed by atoms with Crippen molar-refractivity contribution in [3.8, 4) is 0 Å². The van der Waals surface area contributed by atoms with E-state index in [2.05, 4.69) is 36.3 Å². The van der Waals surface area contributed by atoms with Crippen LogP contribution in [0.2, 0.25) is 5.02 Å². The lowest BCUT2D eigenvalue weighted by Gasteiger charge is -2.10. The van der Waals surface area contributed by atoms with E-state index >= 15 is 0 Å². The molecule has 0 spiro atoms. The van der Waals surface area contributed by atoms with E-state index in [-0.39, 0.29) is 0 Å². The molecule has 1 aromatic carbocycles. The van der Waals surface area contributed by atoms with E-state index < -0.39 is 0 Å². The summed E-state index contributed by atoms with van der Waals surface area (Å²) in [5.74, 6) is 0. The summed E-state index contributed by atoms with van der Waals surface area (Å²) >= 11 is 5.96. The summed E-state index contributed by atoms with van der Waals surface area (Å²) in [6.07, 6.45) is 4.22. The van der Waals surface area contributed by atoms with Crippen LogP contribution in [-0.2, 0) is 0 Å². The van der Waals surface area contributed by atoms with E-state index in [9.17, 15) is 0 Å². The first-order chi connectivity index (χ1) is 8.11. The number of H-pyrrole nitrogens is 1. The second-order valence-electron chi connectivity index (χ2n) is 4.33. The normalized spacial score (nSPS) is 14.2. The molecule has 3 heteroatoms. The van der Waals surface area contributed by atoms with Crippen LogP contribution in [0.5, 0.6) is 0 Å². The number of aromatic nitrogens is 1. The van der Waals surface area contributed by atoms with Crippen molar-refractivity contribution in [3.05, 3.63) is 40.6 Å². The Balaban J connectivity index is 2.43. The molecule has 2 aromatic rings. The molecule has 2 nitrogen and oxygen atoms in total. The average Bonchev–Trinajstić information content (AvgIpc) is 2.70. The Bertz CT molecular complexity index is 554. The minimum atomic E-state index is 0.382. The topological polar surface area (TPSA) is 27.8 Å². The number of fused-ring (bicyclic) bond motifs is 1. The van der Waals surface area contributed by atoms with Gasteiger partial charge in [0.15, 0.2) is 0 Å². The molecule has 2 N–H and O–H groups in total. The Morgan fingerprint density at radius 3 is 2.94 bits per heavy atom. The molecule has 0 radical (unpaired) electrons. The highest BCUT2D eigenvalue weighted by molar-refractivity contribution is 6.31. The van der Waals surface area contributed by atoms with Crippen molar-refractivity contribution >= 4 is 28.6 Å². The third-order valence-electron chi connectivity index (χ3n) is 3.17. The number of likely N-dealkylation sites (N-methyl/N-ethyl adjacent to an activating group) is 1. The summed E-state index contributed by atoms with van der Waals surface area (Å²) in [5.41, 5.74) is 3.59. The van der Waals surface area contributed by atoms with Gasteiger partial charge in [-0.15, -0.1) is 0 Å². The van der Waals surface area contributed by atoms with E-state index in [1.807, 2.05) is 25.4 Å². The predicted octanol–water partition coefficient (Wildman–Crippen LogP) is 3.83. The van der Waals surface area contributed by atoms with Gasteiger partial charge in [-0.1, -0.05) is 29.3 Å². The van der Waals surface area contributed by atoms with Crippen LogP contribution in [0.4, 0.5) is 0 Å². The molecule has 1 aromatic heterocycles. The fourth-order valence-corrected chi connectivity index (χ4v) is 2.01. The number of benzene rings is 1. The van der Waals surface area contributed by atoms with Gasteiger partial charge in [0.25, 0.3) is 0 Å². The van der Waals surface area contributed by atoms with Gasteiger partial charge in [0.2, 0.25) is 0 Å². The van der Waals surface area contributed by atoms with Crippen molar-refractivity contribution < 1.29 is 0 Å². The Morgan fingerprint density at radius 1 is 1.47 bits per heavy atom. The zero-order valence-corrected chi connectivity index (χ0v) is 11.1. The second-order valence-corrected chi connectivity index (χ2v) is 4.77. The van der Waals surface area contributed by atoms with Crippen LogP contribution in [0, 0.1) is 0 Å². The van der Waals surface area contributed by atoms with E-state index in [0.29, 0.717) is 6.04 Å². The summed E-state index contributed by atoms with van der Waals surface area (Å²) in [4.78, 5) is 3.24. The number of aromatic amines is 1. The summed E-state index contributed by atoms with van der Waals surface area (Å²) in [6, 6.07) is 6.31. The number of nitrogens with one attached hydrogen (secondary N) is 2. The summed E-state index contributed by atoms with van der Waals surface area (Å²) in [5, 5.41) is 5.20. The Kier molecular flexibility index (Phi) is 3.55. The molecule has 0 saturated carbocycles. The van der Waals surface area contributed by atoms with Gasteiger partial charge >= 0.3 is 0 Å². The molecule has 1 heterocycles. The average molecular weight is 249 g/mol. The molecule has 90 valence electrons. The highest BCUT2D eigenvalue weighted by Crippen LogP contribution is 2.24. The maximum absolute atomic E-state index is 5.96. The van der Waals surface area contributed by atoms with Gasteiger partial charge in [-0.25, -0.2) is 0 Å². The standard InChI is InChI=1S/C14H17ClN2/c1-9(10(2)16-3)6-11-8-17-14-7-12(15)4-5-13(11)14/h4-8,10,16-17H,1-3H3/b9-6+. The molecule has 0 saturated heterocycles. The van der Waals surface area contributed by atoms with Gasteiger partial charge in [-0.05, 0) is 38.6 Å².